The molecule has 0 saturated heterocycles. The number of benzene rings is 1. The zero-order valence-electron chi connectivity index (χ0n) is 12.4. The van der Waals surface area contributed by atoms with Crippen LogP contribution in [0, 0.1) is 11.3 Å². The Balaban J connectivity index is 2.79. The van der Waals surface area contributed by atoms with Crippen LogP contribution in [0.4, 0.5) is 5.69 Å². The minimum Gasteiger partial charge on any atom is -0.364 e. The zero-order chi connectivity index (χ0) is 15.0. The molecule has 20 heavy (non-hydrogen) atoms. The van der Waals surface area contributed by atoms with Crippen molar-refractivity contribution in [1.29, 1.82) is 5.26 Å². The summed E-state index contributed by atoms with van der Waals surface area (Å²) in [7, 11) is 3.68. The van der Waals surface area contributed by atoms with Gasteiger partial charge in [0.2, 0.25) is 5.91 Å². The summed E-state index contributed by atoms with van der Waals surface area (Å²) in [5.41, 5.74) is 2.42. The van der Waals surface area contributed by atoms with Crippen molar-refractivity contribution in [3.63, 3.8) is 0 Å². The summed E-state index contributed by atoms with van der Waals surface area (Å²) < 4.78 is 0. The van der Waals surface area contributed by atoms with Gasteiger partial charge in [-0.1, -0.05) is 13.0 Å². The molecule has 2 N–H and O–H groups in total. The van der Waals surface area contributed by atoms with Crippen molar-refractivity contribution in [1.82, 2.24) is 10.6 Å². The molecule has 1 amide bonds. The molecule has 0 unspecified atom stereocenters. The summed E-state index contributed by atoms with van der Waals surface area (Å²) in [5, 5.41) is 15.1. The van der Waals surface area contributed by atoms with Crippen LogP contribution in [-0.4, -0.2) is 33.1 Å². The van der Waals surface area contributed by atoms with Gasteiger partial charge in [-0.3, -0.25) is 4.79 Å². The summed E-state index contributed by atoms with van der Waals surface area (Å²) >= 11 is 0. The highest BCUT2D eigenvalue weighted by Crippen LogP contribution is 2.20. The Morgan fingerprint density at radius 1 is 1.45 bits per heavy atom. The Hall–Kier alpha value is -2.06. The van der Waals surface area contributed by atoms with Crippen molar-refractivity contribution in [3.8, 4) is 6.07 Å². The van der Waals surface area contributed by atoms with E-state index in [0.29, 0.717) is 12.1 Å². The van der Waals surface area contributed by atoms with E-state index in [4.69, 9.17) is 0 Å². The lowest BCUT2D eigenvalue weighted by atomic mass is 10.1. The van der Waals surface area contributed by atoms with Gasteiger partial charge in [0.25, 0.3) is 0 Å². The molecular formula is C15H22N4O. The number of hydrogen-bond acceptors (Lipinski definition) is 4. The van der Waals surface area contributed by atoms with Gasteiger partial charge >= 0.3 is 0 Å². The van der Waals surface area contributed by atoms with Crippen LogP contribution < -0.4 is 15.5 Å². The monoisotopic (exact) mass is 274 g/mol. The van der Waals surface area contributed by atoms with Gasteiger partial charge in [-0.05, 0) is 31.2 Å². The first-order valence-electron chi connectivity index (χ1n) is 6.77. The quantitative estimate of drug-likeness (QED) is 0.785. The topological polar surface area (TPSA) is 68.2 Å². The third-order valence-corrected chi connectivity index (χ3v) is 2.93. The van der Waals surface area contributed by atoms with Crippen LogP contribution in [0.2, 0.25) is 0 Å². The molecule has 0 saturated carbocycles. The maximum atomic E-state index is 11.7. The minimum absolute atomic E-state index is 0.0301. The first kappa shape index (κ1) is 16.0. The predicted molar refractivity (Wildman–Crippen MR) is 80.5 cm³/mol. The smallest absolute Gasteiger partial charge is 0.239 e. The van der Waals surface area contributed by atoms with Gasteiger partial charge < -0.3 is 15.5 Å². The molecule has 0 fully saturated rings. The van der Waals surface area contributed by atoms with E-state index in [-0.39, 0.29) is 12.5 Å². The number of anilines is 1. The molecular weight excluding hydrogens is 252 g/mol. The lowest BCUT2D eigenvalue weighted by Gasteiger charge is -2.20. The van der Waals surface area contributed by atoms with E-state index in [1.54, 1.807) is 4.90 Å². The van der Waals surface area contributed by atoms with Crippen LogP contribution in [0.15, 0.2) is 18.2 Å². The molecule has 0 spiro atoms. The van der Waals surface area contributed by atoms with Crippen molar-refractivity contribution >= 4 is 11.6 Å². The normalized spacial score (nSPS) is 9.90. The number of likely N-dealkylation sites (N-methyl/N-ethyl adjacent to an activating group) is 1. The summed E-state index contributed by atoms with van der Waals surface area (Å²) in [6.45, 7) is 3.66. The minimum atomic E-state index is -0.0301. The van der Waals surface area contributed by atoms with Crippen molar-refractivity contribution in [2.24, 2.45) is 0 Å². The summed E-state index contributed by atoms with van der Waals surface area (Å²) in [4.78, 5) is 13.5. The van der Waals surface area contributed by atoms with Crippen molar-refractivity contribution in [2.45, 2.75) is 19.9 Å². The summed E-state index contributed by atoms with van der Waals surface area (Å²) in [6.07, 6.45) is 0.914. The fraction of sp³-hybridized carbons (Fsp3) is 0.467. The number of carbonyl (C=O) groups is 1. The molecule has 0 atom stereocenters. The number of nitrogens with zero attached hydrogens (tertiary/aromatic N) is 2. The number of amides is 1. The predicted octanol–water partition coefficient (Wildman–Crippen LogP) is 1.24. The fourth-order valence-corrected chi connectivity index (χ4v) is 1.94. The van der Waals surface area contributed by atoms with Crippen molar-refractivity contribution in [2.75, 3.05) is 32.1 Å². The summed E-state index contributed by atoms with van der Waals surface area (Å²) in [6, 6.07) is 7.90. The maximum Gasteiger partial charge on any atom is 0.239 e. The van der Waals surface area contributed by atoms with Gasteiger partial charge in [0.15, 0.2) is 0 Å². The van der Waals surface area contributed by atoms with Gasteiger partial charge in [-0.2, -0.15) is 5.26 Å². The highest BCUT2D eigenvalue weighted by molar-refractivity contribution is 5.81. The Kier molecular flexibility index (Phi) is 6.54. The molecule has 0 aromatic heterocycles. The van der Waals surface area contributed by atoms with Crippen LogP contribution in [0.25, 0.3) is 0 Å². The third-order valence-electron chi connectivity index (χ3n) is 2.93. The molecule has 0 aliphatic heterocycles. The lowest BCUT2D eigenvalue weighted by molar-refractivity contribution is -0.119. The first-order valence-corrected chi connectivity index (χ1v) is 6.77. The van der Waals surface area contributed by atoms with Gasteiger partial charge in [0.05, 0.1) is 17.8 Å². The maximum absolute atomic E-state index is 11.7. The van der Waals surface area contributed by atoms with Crippen LogP contribution in [0.5, 0.6) is 0 Å². The molecule has 0 bridgehead atoms. The molecule has 0 aliphatic rings. The molecule has 0 heterocycles. The van der Waals surface area contributed by atoms with E-state index in [9.17, 15) is 10.1 Å². The van der Waals surface area contributed by atoms with Crippen LogP contribution in [0.3, 0.4) is 0 Å². The zero-order valence-corrected chi connectivity index (χ0v) is 12.4. The Labute approximate surface area is 120 Å². The van der Waals surface area contributed by atoms with Gasteiger partial charge in [-0.15, -0.1) is 0 Å². The van der Waals surface area contributed by atoms with E-state index < -0.39 is 0 Å². The largest absolute Gasteiger partial charge is 0.364 e. The highest BCUT2D eigenvalue weighted by Gasteiger charge is 2.11. The molecule has 1 aromatic carbocycles. The Morgan fingerprint density at radius 2 is 2.20 bits per heavy atom. The number of nitriles is 1. The van der Waals surface area contributed by atoms with E-state index in [1.165, 1.54) is 0 Å². The highest BCUT2D eigenvalue weighted by atomic mass is 16.2. The summed E-state index contributed by atoms with van der Waals surface area (Å²) in [5.74, 6) is -0.0301. The van der Waals surface area contributed by atoms with Crippen LogP contribution >= 0.6 is 0 Å². The van der Waals surface area contributed by atoms with E-state index >= 15 is 0 Å². The fourth-order valence-electron chi connectivity index (χ4n) is 1.94. The third kappa shape index (κ3) is 4.56. The number of nitrogens with one attached hydrogen (secondary N) is 2. The number of carbonyl (C=O) groups excluding carboxylic acids is 1. The van der Waals surface area contributed by atoms with E-state index in [0.717, 1.165) is 24.2 Å². The molecule has 1 aromatic rings. The van der Waals surface area contributed by atoms with Gasteiger partial charge in [0.1, 0.15) is 6.07 Å². The standard InChI is InChI=1S/C15H22N4O/c1-4-7-18-15(20)11-19(3)14-6-5-12(10-17-2)8-13(14)9-16/h5-6,8,17H,4,7,10-11H2,1-3H3,(H,18,20). The lowest BCUT2D eigenvalue weighted by Crippen LogP contribution is -2.35. The van der Waals surface area contributed by atoms with E-state index in [2.05, 4.69) is 16.7 Å². The SMILES string of the molecule is CCCNC(=O)CN(C)c1ccc(CNC)cc1C#N. The van der Waals surface area contributed by atoms with E-state index in [1.807, 2.05) is 39.2 Å². The number of hydrogen-bond donors (Lipinski definition) is 2. The molecule has 5 heteroatoms. The second-order valence-corrected chi connectivity index (χ2v) is 4.70. The van der Waals surface area contributed by atoms with Crippen molar-refractivity contribution in [3.05, 3.63) is 29.3 Å². The first-order chi connectivity index (χ1) is 9.62. The molecule has 0 aliphatic carbocycles. The van der Waals surface area contributed by atoms with Gasteiger partial charge in [-0.25, -0.2) is 0 Å². The Bertz CT molecular complexity index is 493. The molecule has 0 radical (unpaired) electrons. The van der Waals surface area contributed by atoms with Crippen LogP contribution in [0.1, 0.15) is 24.5 Å². The molecule has 108 valence electrons. The molecule has 5 nitrogen and oxygen atoms in total. The average molecular weight is 274 g/mol. The average Bonchev–Trinajstić information content (AvgIpc) is 2.45. The van der Waals surface area contributed by atoms with Crippen LogP contribution in [-0.2, 0) is 11.3 Å². The number of rotatable bonds is 7. The van der Waals surface area contributed by atoms with Crippen molar-refractivity contribution < 1.29 is 4.79 Å². The molecule has 1 rings (SSSR count). The second-order valence-electron chi connectivity index (χ2n) is 4.70. The Morgan fingerprint density at radius 3 is 2.80 bits per heavy atom. The van der Waals surface area contributed by atoms with Gasteiger partial charge in [0, 0.05) is 20.1 Å². The second kappa shape index (κ2) is 8.18.